The van der Waals surface area contributed by atoms with Gasteiger partial charge in [0.1, 0.15) is 11.6 Å². The molecule has 0 spiro atoms. The predicted octanol–water partition coefficient (Wildman–Crippen LogP) is 4.55. The number of amides is 1. The SMILES string of the molecule is O=C(NCc1ccc(F)cc1)c1ccnc(Nc2ccccc2Cl)c1. The van der Waals surface area contributed by atoms with Gasteiger partial charge in [-0.05, 0) is 42.0 Å². The quantitative estimate of drug-likeness (QED) is 0.706. The summed E-state index contributed by atoms with van der Waals surface area (Å²) in [4.78, 5) is 16.5. The van der Waals surface area contributed by atoms with Gasteiger partial charge in [-0.2, -0.15) is 0 Å². The highest BCUT2D eigenvalue weighted by Gasteiger charge is 2.08. The summed E-state index contributed by atoms with van der Waals surface area (Å²) < 4.78 is 12.9. The Morgan fingerprint density at radius 3 is 2.60 bits per heavy atom. The first-order valence-electron chi connectivity index (χ1n) is 7.62. The van der Waals surface area contributed by atoms with E-state index in [0.29, 0.717) is 28.6 Å². The van der Waals surface area contributed by atoms with Crippen molar-refractivity contribution in [3.8, 4) is 0 Å². The van der Waals surface area contributed by atoms with Crippen molar-refractivity contribution in [3.63, 3.8) is 0 Å². The molecular weight excluding hydrogens is 341 g/mol. The van der Waals surface area contributed by atoms with E-state index in [-0.39, 0.29) is 11.7 Å². The maximum Gasteiger partial charge on any atom is 0.251 e. The third kappa shape index (κ3) is 4.55. The van der Waals surface area contributed by atoms with E-state index in [1.54, 1.807) is 36.5 Å². The molecule has 4 nitrogen and oxygen atoms in total. The van der Waals surface area contributed by atoms with E-state index >= 15 is 0 Å². The second-order valence-electron chi connectivity index (χ2n) is 5.34. The molecule has 0 radical (unpaired) electrons. The number of hydrogen-bond acceptors (Lipinski definition) is 3. The zero-order chi connectivity index (χ0) is 17.6. The van der Waals surface area contributed by atoms with Gasteiger partial charge in [-0.25, -0.2) is 9.37 Å². The monoisotopic (exact) mass is 355 g/mol. The minimum absolute atomic E-state index is 0.242. The van der Waals surface area contributed by atoms with Crippen LogP contribution in [0.1, 0.15) is 15.9 Å². The molecule has 1 heterocycles. The third-order valence-electron chi connectivity index (χ3n) is 3.53. The lowest BCUT2D eigenvalue weighted by molar-refractivity contribution is 0.0951. The highest BCUT2D eigenvalue weighted by Crippen LogP contribution is 2.24. The number of halogens is 2. The van der Waals surface area contributed by atoms with Crippen LogP contribution >= 0.6 is 11.6 Å². The summed E-state index contributed by atoms with van der Waals surface area (Å²) >= 11 is 6.11. The van der Waals surface area contributed by atoms with Crippen LogP contribution in [0.5, 0.6) is 0 Å². The van der Waals surface area contributed by atoms with Gasteiger partial charge in [0, 0.05) is 18.3 Å². The molecule has 0 unspecified atom stereocenters. The van der Waals surface area contributed by atoms with Crippen molar-refractivity contribution in [2.45, 2.75) is 6.54 Å². The Morgan fingerprint density at radius 2 is 1.84 bits per heavy atom. The van der Waals surface area contributed by atoms with E-state index < -0.39 is 0 Å². The fourth-order valence-corrected chi connectivity index (χ4v) is 2.41. The lowest BCUT2D eigenvalue weighted by Gasteiger charge is -2.09. The van der Waals surface area contributed by atoms with Gasteiger partial charge in [-0.1, -0.05) is 35.9 Å². The Labute approximate surface area is 149 Å². The first-order chi connectivity index (χ1) is 12.1. The zero-order valence-electron chi connectivity index (χ0n) is 13.2. The smallest absolute Gasteiger partial charge is 0.251 e. The normalized spacial score (nSPS) is 10.3. The van der Waals surface area contributed by atoms with E-state index in [4.69, 9.17) is 11.6 Å². The predicted molar refractivity (Wildman–Crippen MR) is 96.5 cm³/mol. The van der Waals surface area contributed by atoms with Crippen LogP contribution in [0.25, 0.3) is 0 Å². The molecule has 2 aromatic carbocycles. The highest BCUT2D eigenvalue weighted by molar-refractivity contribution is 6.33. The Hall–Kier alpha value is -2.92. The Kier molecular flexibility index (Phi) is 5.26. The average molecular weight is 356 g/mol. The third-order valence-corrected chi connectivity index (χ3v) is 3.85. The van der Waals surface area contributed by atoms with Crippen molar-refractivity contribution >= 4 is 29.0 Å². The Morgan fingerprint density at radius 1 is 1.08 bits per heavy atom. The number of rotatable bonds is 5. The number of hydrogen-bond donors (Lipinski definition) is 2. The van der Waals surface area contributed by atoms with Crippen LogP contribution in [0.15, 0.2) is 66.9 Å². The van der Waals surface area contributed by atoms with Crippen molar-refractivity contribution in [2.24, 2.45) is 0 Å². The summed E-state index contributed by atoms with van der Waals surface area (Å²) in [6.45, 7) is 0.314. The van der Waals surface area contributed by atoms with Crippen LogP contribution in [0, 0.1) is 5.82 Å². The first-order valence-corrected chi connectivity index (χ1v) is 8.00. The number of aromatic nitrogens is 1. The Balaban J connectivity index is 1.67. The lowest BCUT2D eigenvalue weighted by Crippen LogP contribution is -2.22. The molecule has 25 heavy (non-hydrogen) atoms. The molecule has 0 aliphatic rings. The summed E-state index contributed by atoms with van der Waals surface area (Å²) in [7, 11) is 0. The van der Waals surface area contributed by atoms with Gasteiger partial charge in [-0.3, -0.25) is 4.79 Å². The van der Waals surface area contributed by atoms with Crippen LogP contribution in [-0.2, 0) is 6.54 Å². The largest absolute Gasteiger partial charge is 0.348 e. The number of benzene rings is 2. The van der Waals surface area contributed by atoms with Crippen molar-refractivity contribution < 1.29 is 9.18 Å². The molecule has 0 aliphatic carbocycles. The van der Waals surface area contributed by atoms with Crippen molar-refractivity contribution in [2.75, 3.05) is 5.32 Å². The fourth-order valence-electron chi connectivity index (χ4n) is 2.23. The number of nitrogens with zero attached hydrogens (tertiary/aromatic N) is 1. The number of para-hydroxylation sites is 1. The minimum atomic E-state index is -0.306. The van der Waals surface area contributed by atoms with Gasteiger partial charge in [0.15, 0.2) is 0 Å². The van der Waals surface area contributed by atoms with Crippen molar-refractivity contribution in [1.82, 2.24) is 10.3 Å². The van der Waals surface area contributed by atoms with Gasteiger partial charge in [0.25, 0.3) is 5.91 Å². The average Bonchev–Trinajstić information content (AvgIpc) is 2.63. The molecule has 0 bridgehead atoms. The number of carbonyl (C=O) groups excluding carboxylic acids is 1. The summed E-state index contributed by atoms with van der Waals surface area (Å²) in [6, 6.07) is 16.5. The highest BCUT2D eigenvalue weighted by atomic mass is 35.5. The Bertz CT molecular complexity index is 884. The lowest BCUT2D eigenvalue weighted by atomic mass is 10.2. The van der Waals surface area contributed by atoms with Gasteiger partial charge in [0.05, 0.1) is 10.7 Å². The summed E-state index contributed by atoms with van der Waals surface area (Å²) in [5, 5.41) is 6.44. The molecule has 0 saturated heterocycles. The van der Waals surface area contributed by atoms with Crippen LogP contribution in [0.2, 0.25) is 5.02 Å². The molecule has 0 atom stereocenters. The molecule has 6 heteroatoms. The van der Waals surface area contributed by atoms with Crippen molar-refractivity contribution in [1.29, 1.82) is 0 Å². The van der Waals surface area contributed by atoms with Crippen LogP contribution in [0.4, 0.5) is 15.9 Å². The van der Waals surface area contributed by atoms with Gasteiger partial charge < -0.3 is 10.6 Å². The molecule has 0 saturated carbocycles. The molecular formula is C19H15ClFN3O. The van der Waals surface area contributed by atoms with Gasteiger partial charge >= 0.3 is 0 Å². The van der Waals surface area contributed by atoms with Crippen molar-refractivity contribution in [3.05, 3.63) is 88.8 Å². The molecule has 3 aromatic rings. The fraction of sp³-hybridized carbons (Fsp3) is 0.0526. The zero-order valence-corrected chi connectivity index (χ0v) is 13.9. The summed E-state index contributed by atoms with van der Waals surface area (Å²) in [5.41, 5.74) is 1.99. The van der Waals surface area contributed by atoms with E-state index in [1.165, 1.54) is 12.1 Å². The molecule has 0 aliphatic heterocycles. The topological polar surface area (TPSA) is 54.0 Å². The summed E-state index contributed by atoms with van der Waals surface area (Å²) in [6.07, 6.45) is 1.55. The number of pyridine rings is 1. The van der Waals surface area contributed by atoms with E-state index in [0.717, 1.165) is 5.56 Å². The maximum atomic E-state index is 12.9. The maximum absolute atomic E-state index is 12.9. The number of anilines is 2. The molecule has 0 fully saturated rings. The van der Waals surface area contributed by atoms with E-state index in [1.807, 2.05) is 18.2 Å². The molecule has 1 amide bonds. The van der Waals surface area contributed by atoms with Gasteiger partial charge in [0.2, 0.25) is 0 Å². The molecule has 126 valence electrons. The molecule has 1 aromatic heterocycles. The molecule has 2 N–H and O–H groups in total. The summed E-state index contributed by atoms with van der Waals surface area (Å²) in [5.74, 6) is -0.0315. The standard InChI is InChI=1S/C19H15ClFN3O/c20-16-3-1-2-4-17(16)24-18-11-14(9-10-22-18)19(25)23-12-13-5-7-15(21)8-6-13/h1-11H,12H2,(H,22,24)(H,23,25). The van der Waals surface area contributed by atoms with Gasteiger partial charge in [-0.15, -0.1) is 0 Å². The second-order valence-corrected chi connectivity index (χ2v) is 5.75. The van der Waals surface area contributed by atoms with Crippen LogP contribution in [0.3, 0.4) is 0 Å². The first kappa shape index (κ1) is 16.9. The van der Waals surface area contributed by atoms with E-state index in [9.17, 15) is 9.18 Å². The number of nitrogens with one attached hydrogen (secondary N) is 2. The van der Waals surface area contributed by atoms with E-state index in [2.05, 4.69) is 15.6 Å². The van der Waals surface area contributed by atoms with Crippen LogP contribution < -0.4 is 10.6 Å². The molecule has 3 rings (SSSR count). The minimum Gasteiger partial charge on any atom is -0.348 e. The number of carbonyl (C=O) groups is 1. The second kappa shape index (κ2) is 7.77. The van der Waals surface area contributed by atoms with Crippen LogP contribution in [-0.4, -0.2) is 10.9 Å².